The molecule has 0 fully saturated rings. The maximum absolute atomic E-state index is 5.98. The summed E-state index contributed by atoms with van der Waals surface area (Å²) in [7, 11) is 1.69. The van der Waals surface area contributed by atoms with Crippen molar-refractivity contribution in [2.45, 2.75) is 12.8 Å². The van der Waals surface area contributed by atoms with E-state index in [1.807, 2.05) is 54.6 Å². The van der Waals surface area contributed by atoms with E-state index in [-0.39, 0.29) is 6.17 Å². The quantitative estimate of drug-likeness (QED) is 0.366. The van der Waals surface area contributed by atoms with Crippen LogP contribution in [0.4, 0.5) is 0 Å². The predicted octanol–water partition coefficient (Wildman–Crippen LogP) is 2.08. The van der Waals surface area contributed by atoms with Gasteiger partial charge in [-0.1, -0.05) is 36.4 Å². The molecule has 1 heterocycles. The number of nitrogens with one attached hydrogen (secondary N) is 1. The first-order chi connectivity index (χ1) is 11.6. The number of hydrazine groups is 2. The fraction of sp³-hybridized carbons (Fsp3) is 0.167. The molecule has 6 heteroatoms. The summed E-state index contributed by atoms with van der Waals surface area (Å²) in [5, 5.41) is 2.46. The second-order valence-electron chi connectivity index (χ2n) is 5.57. The van der Waals surface area contributed by atoms with E-state index in [0.29, 0.717) is 6.61 Å². The summed E-state index contributed by atoms with van der Waals surface area (Å²) in [4.78, 5) is 4.59. The number of fused-ring (bicyclic) bond motifs is 1. The van der Waals surface area contributed by atoms with Crippen molar-refractivity contribution in [3.63, 3.8) is 0 Å². The van der Waals surface area contributed by atoms with Crippen LogP contribution in [-0.4, -0.2) is 17.1 Å². The van der Waals surface area contributed by atoms with Crippen molar-refractivity contribution in [2.75, 3.05) is 7.05 Å². The number of benzene rings is 2. The first kappa shape index (κ1) is 16.4. The number of hydrogen-bond donors (Lipinski definition) is 3. The zero-order valence-corrected chi connectivity index (χ0v) is 13.5. The lowest BCUT2D eigenvalue weighted by atomic mass is 10.2. The Labute approximate surface area is 141 Å². The standard InChI is InChI=1S/C18H21N5O/c1-23(20)22-18(19)14-7-10-16(11-8-14)24-12-15-9-6-13-4-2-3-5-17(13)21-15/h2-11,18,22H,12,19-20H2,1H3. The molecule has 0 aliphatic carbocycles. The van der Waals surface area contributed by atoms with E-state index < -0.39 is 0 Å². The summed E-state index contributed by atoms with van der Waals surface area (Å²) in [6.07, 6.45) is -0.365. The highest BCUT2D eigenvalue weighted by molar-refractivity contribution is 5.78. The van der Waals surface area contributed by atoms with Crippen molar-refractivity contribution >= 4 is 10.9 Å². The third-order valence-corrected chi connectivity index (χ3v) is 3.62. The number of nitrogens with zero attached hydrogens (tertiary/aromatic N) is 2. The van der Waals surface area contributed by atoms with Gasteiger partial charge in [0.1, 0.15) is 12.4 Å². The highest BCUT2D eigenvalue weighted by Crippen LogP contribution is 2.17. The van der Waals surface area contributed by atoms with E-state index in [2.05, 4.69) is 16.5 Å². The Morgan fingerprint density at radius 1 is 1.08 bits per heavy atom. The average Bonchev–Trinajstić information content (AvgIpc) is 2.59. The second kappa shape index (κ2) is 7.37. The molecule has 1 unspecified atom stereocenters. The topological polar surface area (TPSA) is 89.4 Å². The predicted molar refractivity (Wildman–Crippen MR) is 94.5 cm³/mol. The van der Waals surface area contributed by atoms with E-state index in [9.17, 15) is 0 Å². The Balaban J connectivity index is 1.63. The van der Waals surface area contributed by atoms with Crippen molar-refractivity contribution in [3.05, 3.63) is 71.9 Å². The number of aromatic nitrogens is 1. The molecule has 2 aromatic carbocycles. The zero-order valence-electron chi connectivity index (χ0n) is 13.5. The molecular weight excluding hydrogens is 302 g/mol. The molecular formula is C18H21N5O. The van der Waals surface area contributed by atoms with Gasteiger partial charge in [0, 0.05) is 12.4 Å². The van der Waals surface area contributed by atoms with Crippen LogP contribution in [0.25, 0.3) is 10.9 Å². The summed E-state index contributed by atoms with van der Waals surface area (Å²) in [5.74, 6) is 6.29. The Kier molecular flexibility index (Phi) is 5.02. The third-order valence-electron chi connectivity index (χ3n) is 3.62. The molecule has 24 heavy (non-hydrogen) atoms. The van der Waals surface area contributed by atoms with E-state index in [1.54, 1.807) is 7.05 Å². The number of pyridine rings is 1. The van der Waals surface area contributed by atoms with Crippen molar-refractivity contribution in [2.24, 2.45) is 11.6 Å². The van der Waals surface area contributed by atoms with Crippen LogP contribution in [0.3, 0.4) is 0 Å². The summed E-state index contributed by atoms with van der Waals surface area (Å²) in [5.41, 5.74) is 11.7. The Morgan fingerprint density at radius 2 is 1.83 bits per heavy atom. The van der Waals surface area contributed by atoms with Crippen molar-refractivity contribution in [3.8, 4) is 5.75 Å². The van der Waals surface area contributed by atoms with Gasteiger partial charge in [0.2, 0.25) is 0 Å². The molecule has 0 aliphatic rings. The Hall–Kier alpha value is -2.51. The van der Waals surface area contributed by atoms with Crippen molar-refractivity contribution in [1.29, 1.82) is 0 Å². The average molecular weight is 323 g/mol. The minimum atomic E-state index is -0.365. The maximum Gasteiger partial charge on any atom is 0.130 e. The van der Waals surface area contributed by atoms with Gasteiger partial charge in [0.15, 0.2) is 0 Å². The number of hydrogen-bond acceptors (Lipinski definition) is 6. The largest absolute Gasteiger partial charge is 0.487 e. The maximum atomic E-state index is 5.98. The van der Waals surface area contributed by atoms with E-state index in [0.717, 1.165) is 27.9 Å². The monoisotopic (exact) mass is 323 g/mol. The van der Waals surface area contributed by atoms with E-state index in [1.165, 1.54) is 5.12 Å². The van der Waals surface area contributed by atoms with Gasteiger partial charge >= 0.3 is 0 Å². The fourth-order valence-corrected chi connectivity index (χ4v) is 2.41. The molecule has 0 saturated carbocycles. The lowest BCUT2D eigenvalue weighted by Gasteiger charge is -2.19. The summed E-state index contributed by atoms with van der Waals surface area (Å²) < 4.78 is 5.80. The van der Waals surface area contributed by atoms with Crippen LogP contribution in [0.1, 0.15) is 17.4 Å². The molecule has 124 valence electrons. The second-order valence-corrected chi connectivity index (χ2v) is 5.57. The van der Waals surface area contributed by atoms with Crippen LogP contribution in [0.5, 0.6) is 5.75 Å². The SMILES string of the molecule is CN(N)NC(N)c1ccc(OCc2ccc3ccccc3n2)cc1. The molecule has 0 bridgehead atoms. The smallest absolute Gasteiger partial charge is 0.130 e. The first-order valence-electron chi connectivity index (χ1n) is 7.69. The fourth-order valence-electron chi connectivity index (χ4n) is 2.41. The summed E-state index contributed by atoms with van der Waals surface area (Å²) in [6, 6.07) is 19.6. The molecule has 0 amide bonds. The molecule has 1 aromatic heterocycles. The summed E-state index contributed by atoms with van der Waals surface area (Å²) in [6.45, 7) is 0.417. The molecule has 5 N–H and O–H groups in total. The van der Waals surface area contributed by atoms with Gasteiger partial charge in [0.05, 0.1) is 17.4 Å². The third kappa shape index (κ3) is 4.06. The first-order valence-corrected chi connectivity index (χ1v) is 7.69. The van der Waals surface area contributed by atoms with Crippen LogP contribution in [0.2, 0.25) is 0 Å². The number of nitrogens with two attached hydrogens (primary N) is 2. The number of ether oxygens (including phenoxy) is 1. The lowest BCUT2D eigenvalue weighted by molar-refractivity contribution is 0.205. The van der Waals surface area contributed by atoms with E-state index >= 15 is 0 Å². The highest BCUT2D eigenvalue weighted by atomic mass is 16.5. The van der Waals surface area contributed by atoms with Gasteiger partial charge in [-0.05, 0) is 29.8 Å². The van der Waals surface area contributed by atoms with Crippen LogP contribution < -0.4 is 21.7 Å². The molecule has 1 atom stereocenters. The number of para-hydroxylation sites is 1. The molecule has 0 saturated heterocycles. The van der Waals surface area contributed by atoms with Crippen molar-refractivity contribution in [1.82, 2.24) is 15.5 Å². The van der Waals surface area contributed by atoms with Gasteiger partial charge in [-0.15, -0.1) is 0 Å². The van der Waals surface area contributed by atoms with Crippen LogP contribution in [0.15, 0.2) is 60.7 Å². The molecule has 6 nitrogen and oxygen atoms in total. The van der Waals surface area contributed by atoms with Crippen LogP contribution in [-0.2, 0) is 6.61 Å². The lowest BCUT2D eigenvalue weighted by Crippen LogP contribution is -2.45. The molecule has 0 aliphatic heterocycles. The van der Waals surface area contributed by atoms with Gasteiger partial charge in [0.25, 0.3) is 0 Å². The Bertz CT molecular complexity index is 804. The summed E-state index contributed by atoms with van der Waals surface area (Å²) >= 11 is 0. The Morgan fingerprint density at radius 3 is 2.58 bits per heavy atom. The molecule has 3 rings (SSSR count). The van der Waals surface area contributed by atoms with Gasteiger partial charge in [-0.25, -0.2) is 10.4 Å². The van der Waals surface area contributed by atoms with Crippen LogP contribution >= 0.6 is 0 Å². The normalized spacial score (nSPS) is 12.5. The molecule has 0 spiro atoms. The minimum absolute atomic E-state index is 0.365. The van der Waals surface area contributed by atoms with Gasteiger partial charge in [-0.3, -0.25) is 5.84 Å². The molecule has 0 radical (unpaired) electrons. The van der Waals surface area contributed by atoms with Gasteiger partial charge in [-0.2, -0.15) is 5.12 Å². The number of rotatable bonds is 6. The minimum Gasteiger partial charge on any atom is -0.487 e. The van der Waals surface area contributed by atoms with E-state index in [4.69, 9.17) is 16.3 Å². The van der Waals surface area contributed by atoms with Gasteiger partial charge < -0.3 is 10.5 Å². The van der Waals surface area contributed by atoms with Crippen LogP contribution in [0, 0.1) is 0 Å². The zero-order chi connectivity index (χ0) is 16.9. The van der Waals surface area contributed by atoms with Crippen molar-refractivity contribution < 1.29 is 4.74 Å². The molecule has 3 aromatic rings. The highest BCUT2D eigenvalue weighted by Gasteiger charge is 2.06.